The molecule has 30 heavy (non-hydrogen) atoms. The number of nitrogens with zero attached hydrogens (tertiary/aromatic N) is 2. The van der Waals surface area contributed by atoms with E-state index in [1.54, 1.807) is 7.11 Å². The summed E-state index contributed by atoms with van der Waals surface area (Å²) in [4.78, 5) is 18.1. The summed E-state index contributed by atoms with van der Waals surface area (Å²) in [6, 6.07) is 10.3. The number of hydrogen-bond donors (Lipinski definition) is 2. The van der Waals surface area contributed by atoms with Gasteiger partial charge in [0, 0.05) is 19.5 Å². The van der Waals surface area contributed by atoms with Gasteiger partial charge in [-0.2, -0.15) is 4.39 Å². The molecule has 6 nitrogen and oxygen atoms in total. The van der Waals surface area contributed by atoms with Crippen molar-refractivity contribution >= 4 is 5.78 Å². The van der Waals surface area contributed by atoms with Crippen molar-refractivity contribution in [2.75, 3.05) is 26.7 Å². The molecular formula is C23H27FN2O4. The zero-order valence-electron chi connectivity index (χ0n) is 17.3. The van der Waals surface area contributed by atoms with Gasteiger partial charge in [0.1, 0.15) is 11.4 Å². The number of fused-ring (bicyclic) bond motifs is 1. The predicted molar refractivity (Wildman–Crippen MR) is 109 cm³/mol. The smallest absolute Gasteiger partial charge is 0.255 e. The molecule has 160 valence electrons. The van der Waals surface area contributed by atoms with E-state index in [0.717, 1.165) is 17.4 Å². The van der Waals surface area contributed by atoms with E-state index >= 15 is 0 Å². The van der Waals surface area contributed by atoms with Crippen LogP contribution in [0.2, 0.25) is 0 Å². The molecule has 2 N–H and O–H groups in total. The number of methoxy groups -OCH3 is 1. The Morgan fingerprint density at radius 1 is 1.37 bits per heavy atom. The number of rotatable bonds is 6. The van der Waals surface area contributed by atoms with Crippen LogP contribution in [0, 0.1) is 17.3 Å². The largest absolute Gasteiger partial charge is 0.504 e. The van der Waals surface area contributed by atoms with Gasteiger partial charge in [0.15, 0.2) is 11.5 Å². The first-order chi connectivity index (χ1) is 14.2. The topological polar surface area (TPSA) is 82.9 Å². The predicted octanol–water partition coefficient (Wildman–Crippen LogP) is 2.82. The monoisotopic (exact) mass is 414 g/mol. The molecule has 1 aromatic carbocycles. The second-order valence-electron chi connectivity index (χ2n) is 9.08. The van der Waals surface area contributed by atoms with Gasteiger partial charge >= 0.3 is 0 Å². The highest BCUT2D eigenvalue weighted by Crippen LogP contribution is 2.53. The molecule has 7 heteroatoms. The van der Waals surface area contributed by atoms with Crippen molar-refractivity contribution < 1.29 is 24.1 Å². The molecule has 1 saturated heterocycles. The minimum Gasteiger partial charge on any atom is -0.504 e. The SMILES string of the molecule is COc1cccc(C[C@]2(O)C[C@H]3CN(CC(=O)c4ccc(O)c(F)n4)C[C@@]3(C)C2)c1. The van der Waals surface area contributed by atoms with Crippen molar-refractivity contribution in [1.82, 2.24) is 9.88 Å². The van der Waals surface area contributed by atoms with Gasteiger partial charge in [-0.05, 0) is 54.0 Å². The van der Waals surface area contributed by atoms with Gasteiger partial charge in [-0.3, -0.25) is 9.69 Å². The average Bonchev–Trinajstić information content (AvgIpc) is 3.09. The lowest BCUT2D eigenvalue weighted by Crippen LogP contribution is -2.36. The highest BCUT2D eigenvalue weighted by Gasteiger charge is 2.55. The molecule has 0 unspecified atom stereocenters. The van der Waals surface area contributed by atoms with E-state index in [9.17, 15) is 19.4 Å². The molecule has 2 heterocycles. The zero-order chi connectivity index (χ0) is 21.5. The number of aliphatic hydroxyl groups is 1. The van der Waals surface area contributed by atoms with Crippen molar-refractivity contribution in [3.63, 3.8) is 0 Å². The van der Waals surface area contributed by atoms with E-state index in [1.807, 2.05) is 24.3 Å². The van der Waals surface area contributed by atoms with Crippen molar-refractivity contribution in [2.45, 2.75) is 31.8 Å². The summed E-state index contributed by atoms with van der Waals surface area (Å²) in [5.74, 6) is -0.808. The first-order valence-corrected chi connectivity index (χ1v) is 10.2. The van der Waals surface area contributed by atoms with Crippen LogP contribution >= 0.6 is 0 Å². The summed E-state index contributed by atoms with van der Waals surface area (Å²) in [5.41, 5.74) is 0.209. The van der Waals surface area contributed by atoms with E-state index in [1.165, 1.54) is 6.07 Å². The normalized spacial score (nSPS) is 28.5. The third kappa shape index (κ3) is 4.04. The third-order valence-electron chi connectivity index (χ3n) is 6.56. The van der Waals surface area contributed by atoms with E-state index in [4.69, 9.17) is 4.74 Å². The van der Waals surface area contributed by atoms with Gasteiger partial charge in [-0.25, -0.2) is 4.98 Å². The van der Waals surface area contributed by atoms with Crippen LogP contribution in [0.15, 0.2) is 36.4 Å². The fraction of sp³-hybridized carbons (Fsp3) is 0.478. The van der Waals surface area contributed by atoms with Crippen molar-refractivity contribution in [3.05, 3.63) is 53.6 Å². The maximum Gasteiger partial charge on any atom is 0.255 e. The minimum absolute atomic E-state index is 0.0158. The Bertz CT molecular complexity index is 968. The number of ketones is 1. The Kier molecular flexibility index (Phi) is 5.28. The molecule has 0 spiro atoms. The maximum absolute atomic E-state index is 13.5. The van der Waals surface area contributed by atoms with Crippen LogP contribution in [0.5, 0.6) is 11.5 Å². The molecule has 2 aliphatic rings. The van der Waals surface area contributed by atoms with Gasteiger partial charge in [-0.1, -0.05) is 19.1 Å². The summed E-state index contributed by atoms with van der Waals surface area (Å²) >= 11 is 0. The first kappa shape index (κ1) is 20.8. The van der Waals surface area contributed by atoms with Gasteiger partial charge < -0.3 is 14.9 Å². The molecule has 0 bridgehead atoms. The number of aromatic nitrogens is 1. The Labute approximate surface area is 175 Å². The van der Waals surface area contributed by atoms with Gasteiger partial charge in [0.2, 0.25) is 0 Å². The number of carbonyl (C=O) groups excluding carboxylic acids is 1. The van der Waals surface area contributed by atoms with E-state index in [2.05, 4.69) is 16.8 Å². The molecule has 2 aromatic rings. The standard InChI is InChI=1S/C23H27FN2O4/c1-22-13-23(29,9-15-4-3-5-17(8-15)30-2)10-16(22)11-26(14-22)12-20(28)18-6-7-19(27)21(24)25-18/h3-8,16,27,29H,9-14H2,1-2H3/t16-,22+,23-/m0/s1. The molecule has 0 amide bonds. The van der Waals surface area contributed by atoms with E-state index in [-0.39, 0.29) is 29.4 Å². The second kappa shape index (κ2) is 7.63. The maximum atomic E-state index is 13.5. The quantitative estimate of drug-likeness (QED) is 0.559. The molecular weight excluding hydrogens is 387 g/mol. The van der Waals surface area contributed by atoms with Crippen LogP contribution in [0.3, 0.4) is 0 Å². The minimum atomic E-state index is -1.03. The lowest BCUT2D eigenvalue weighted by molar-refractivity contribution is 0.0291. The first-order valence-electron chi connectivity index (χ1n) is 10.2. The van der Waals surface area contributed by atoms with Crippen LogP contribution in [0.25, 0.3) is 0 Å². The molecule has 1 aliphatic heterocycles. The van der Waals surface area contributed by atoms with Crippen LogP contribution in [0.1, 0.15) is 35.8 Å². The van der Waals surface area contributed by atoms with Crippen molar-refractivity contribution in [1.29, 1.82) is 0 Å². The Morgan fingerprint density at radius 3 is 2.87 bits per heavy atom. The Hall–Kier alpha value is -2.51. The van der Waals surface area contributed by atoms with Crippen molar-refractivity contribution in [2.24, 2.45) is 11.3 Å². The molecule has 1 aromatic heterocycles. The number of Topliss-reactive ketones (excluding diaryl/α,β-unsaturated/α-hetero) is 1. The molecule has 0 radical (unpaired) electrons. The molecule has 2 fully saturated rings. The average molecular weight is 414 g/mol. The highest BCUT2D eigenvalue weighted by molar-refractivity contribution is 5.95. The number of benzene rings is 1. The number of aromatic hydroxyl groups is 1. The third-order valence-corrected chi connectivity index (χ3v) is 6.56. The summed E-state index contributed by atoms with van der Waals surface area (Å²) in [6.07, 6.45) is 1.92. The number of pyridine rings is 1. The van der Waals surface area contributed by atoms with Crippen LogP contribution in [-0.2, 0) is 6.42 Å². The number of likely N-dealkylation sites (tertiary alicyclic amines) is 1. The summed E-state index contributed by atoms with van der Waals surface area (Å²) in [5, 5.41) is 20.5. The van der Waals surface area contributed by atoms with E-state index < -0.39 is 17.3 Å². The van der Waals surface area contributed by atoms with Crippen molar-refractivity contribution in [3.8, 4) is 11.5 Å². The number of ether oxygens (including phenoxy) is 1. The number of hydrogen-bond acceptors (Lipinski definition) is 6. The molecule has 3 atom stereocenters. The fourth-order valence-corrected chi connectivity index (χ4v) is 5.31. The Balaban J connectivity index is 1.39. The summed E-state index contributed by atoms with van der Waals surface area (Å²) in [7, 11) is 1.63. The molecule has 1 aliphatic carbocycles. The Morgan fingerprint density at radius 2 is 2.17 bits per heavy atom. The number of carbonyl (C=O) groups is 1. The molecule has 4 rings (SSSR count). The van der Waals surface area contributed by atoms with E-state index in [0.29, 0.717) is 32.4 Å². The summed E-state index contributed by atoms with van der Waals surface area (Å²) in [6.45, 7) is 3.73. The number of halogens is 1. The van der Waals surface area contributed by atoms with Gasteiger partial charge in [0.05, 0.1) is 19.3 Å². The summed E-state index contributed by atoms with van der Waals surface area (Å²) < 4.78 is 18.7. The van der Waals surface area contributed by atoms with Crippen LogP contribution < -0.4 is 4.74 Å². The lowest BCUT2D eigenvalue weighted by Gasteiger charge is -2.29. The van der Waals surface area contributed by atoms with Crippen LogP contribution in [0.4, 0.5) is 4.39 Å². The lowest BCUT2D eigenvalue weighted by atomic mass is 9.82. The van der Waals surface area contributed by atoms with Crippen LogP contribution in [-0.4, -0.2) is 58.2 Å². The van der Waals surface area contributed by atoms with Gasteiger partial charge in [-0.15, -0.1) is 0 Å². The highest BCUT2D eigenvalue weighted by atomic mass is 19.1. The molecule has 1 saturated carbocycles. The fourth-order valence-electron chi connectivity index (χ4n) is 5.31. The zero-order valence-corrected chi connectivity index (χ0v) is 17.3. The van der Waals surface area contributed by atoms with Gasteiger partial charge in [0.25, 0.3) is 5.95 Å². The second-order valence-corrected chi connectivity index (χ2v) is 9.08.